The van der Waals surface area contributed by atoms with Gasteiger partial charge in [0.05, 0.1) is 12.0 Å². The van der Waals surface area contributed by atoms with Crippen molar-refractivity contribution in [1.29, 1.82) is 0 Å². The van der Waals surface area contributed by atoms with Gasteiger partial charge >= 0.3 is 17.9 Å². The van der Waals surface area contributed by atoms with Crippen molar-refractivity contribution in [2.24, 2.45) is 0 Å². The standard InChI is InChI=1S/C15H18O6/c1-15(2,3)21-14(19)11(9-12(16)17)20-13(18)10-7-5-4-6-8-10/h4-8,11H,9H2,1-3H3,(H,16,17). The highest BCUT2D eigenvalue weighted by Crippen LogP contribution is 2.13. The zero-order valence-electron chi connectivity index (χ0n) is 12.2. The molecule has 0 aromatic heterocycles. The third-order valence-corrected chi connectivity index (χ3v) is 2.29. The molecular formula is C15H18O6. The van der Waals surface area contributed by atoms with E-state index in [9.17, 15) is 14.4 Å². The highest BCUT2D eigenvalue weighted by Gasteiger charge is 2.30. The van der Waals surface area contributed by atoms with Crippen molar-refractivity contribution in [2.45, 2.75) is 38.9 Å². The van der Waals surface area contributed by atoms with E-state index in [1.165, 1.54) is 12.1 Å². The molecule has 0 amide bonds. The molecule has 0 radical (unpaired) electrons. The summed E-state index contributed by atoms with van der Waals surface area (Å²) in [5.74, 6) is -2.91. The summed E-state index contributed by atoms with van der Waals surface area (Å²) < 4.78 is 10.0. The smallest absolute Gasteiger partial charge is 0.348 e. The molecule has 1 N–H and O–H groups in total. The molecule has 0 bridgehead atoms. The Morgan fingerprint density at radius 1 is 1.14 bits per heavy atom. The maximum absolute atomic E-state index is 11.9. The Balaban J connectivity index is 2.81. The molecule has 1 aromatic carbocycles. The molecular weight excluding hydrogens is 276 g/mol. The van der Waals surface area contributed by atoms with E-state index in [-0.39, 0.29) is 5.56 Å². The summed E-state index contributed by atoms with van der Waals surface area (Å²) >= 11 is 0. The summed E-state index contributed by atoms with van der Waals surface area (Å²) in [6.45, 7) is 4.92. The van der Waals surface area contributed by atoms with E-state index in [0.717, 1.165) is 0 Å². The van der Waals surface area contributed by atoms with Crippen molar-refractivity contribution in [3.63, 3.8) is 0 Å². The fraction of sp³-hybridized carbons (Fsp3) is 0.400. The molecule has 0 saturated carbocycles. The minimum absolute atomic E-state index is 0.233. The Morgan fingerprint density at radius 3 is 2.19 bits per heavy atom. The molecule has 0 aliphatic rings. The molecule has 1 atom stereocenters. The van der Waals surface area contributed by atoms with Crippen LogP contribution in [-0.2, 0) is 19.1 Å². The molecule has 114 valence electrons. The molecule has 6 nitrogen and oxygen atoms in total. The average molecular weight is 294 g/mol. The van der Waals surface area contributed by atoms with Crippen LogP contribution >= 0.6 is 0 Å². The number of benzene rings is 1. The van der Waals surface area contributed by atoms with E-state index in [1.54, 1.807) is 39.0 Å². The molecule has 1 aromatic rings. The number of ether oxygens (including phenoxy) is 2. The minimum Gasteiger partial charge on any atom is -0.481 e. The van der Waals surface area contributed by atoms with E-state index in [2.05, 4.69) is 0 Å². The molecule has 21 heavy (non-hydrogen) atoms. The fourth-order valence-corrected chi connectivity index (χ4v) is 1.47. The number of carboxylic acids is 1. The second-order valence-electron chi connectivity index (χ2n) is 5.39. The number of esters is 2. The van der Waals surface area contributed by atoms with Crippen LogP contribution in [0, 0.1) is 0 Å². The Morgan fingerprint density at radius 2 is 1.71 bits per heavy atom. The summed E-state index contributed by atoms with van der Waals surface area (Å²) in [4.78, 5) is 34.6. The van der Waals surface area contributed by atoms with Crippen molar-refractivity contribution in [3.05, 3.63) is 35.9 Å². The van der Waals surface area contributed by atoms with Gasteiger partial charge in [0, 0.05) is 0 Å². The minimum atomic E-state index is -1.48. The van der Waals surface area contributed by atoms with Gasteiger partial charge in [0.25, 0.3) is 0 Å². The Labute approximate surface area is 122 Å². The molecule has 0 heterocycles. The van der Waals surface area contributed by atoms with Crippen LogP contribution in [0.2, 0.25) is 0 Å². The molecule has 0 spiro atoms. The van der Waals surface area contributed by atoms with Gasteiger partial charge in [-0.05, 0) is 32.9 Å². The van der Waals surface area contributed by atoms with Crippen LogP contribution in [0.3, 0.4) is 0 Å². The number of hydrogen-bond acceptors (Lipinski definition) is 5. The van der Waals surface area contributed by atoms with Crippen LogP contribution in [-0.4, -0.2) is 34.7 Å². The molecule has 0 saturated heterocycles. The van der Waals surface area contributed by atoms with Gasteiger partial charge in [-0.3, -0.25) is 4.79 Å². The van der Waals surface area contributed by atoms with Gasteiger partial charge in [0.1, 0.15) is 5.60 Å². The second kappa shape index (κ2) is 6.88. The largest absolute Gasteiger partial charge is 0.481 e. The number of carboxylic acid groups (broad SMARTS) is 1. The van der Waals surface area contributed by atoms with Crippen molar-refractivity contribution < 1.29 is 29.0 Å². The lowest BCUT2D eigenvalue weighted by Crippen LogP contribution is -2.36. The first kappa shape index (κ1) is 16.7. The summed E-state index contributed by atoms with van der Waals surface area (Å²) in [6.07, 6.45) is -2.12. The number of hydrogen-bond donors (Lipinski definition) is 1. The first-order valence-corrected chi connectivity index (χ1v) is 6.40. The summed E-state index contributed by atoms with van der Waals surface area (Å²) in [7, 11) is 0. The van der Waals surface area contributed by atoms with Gasteiger partial charge in [-0.2, -0.15) is 0 Å². The van der Waals surface area contributed by atoms with E-state index in [4.69, 9.17) is 14.6 Å². The number of carbonyl (C=O) groups is 3. The van der Waals surface area contributed by atoms with Crippen LogP contribution < -0.4 is 0 Å². The first-order valence-electron chi connectivity index (χ1n) is 6.40. The molecule has 0 aliphatic carbocycles. The maximum Gasteiger partial charge on any atom is 0.348 e. The second-order valence-corrected chi connectivity index (χ2v) is 5.39. The van der Waals surface area contributed by atoms with Crippen LogP contribution in [0.25, 0.3) is 0 Å². The summed E-state index contributed by atoms with van der Waals surface area (Å²) in [5, 5.41) is 8.82. The molecule has 6 heteroatoms. The van der Waals surface area contributed by atoms with Gasteiger partial charge in [-0.25, -0.2) is 9.59 Å². The highest BCUT2D eigenvalue weighted by molar-refractivity contribution is 5.92. The predicted octanol–water partition coefficient (Wildman–Crippen LogP) is 2.03. The predicted molar refractivity (Wildman–Crippen MR) is 73.7 cm³/mol. The van der Waals surface area contributed by atoms with Gasteiger partial charge in [-0.1, -0.05) is 18.2 Å². The SMILES string of the molecule is CC(C)(C)OC(=O)C(CC(=O)O)OC(=O)c1ccccc1. The topological polar surface area (TPSA) is 89.9 Å². The summed E-state index contributed by atoms with van der Waals surface area (Å²) in [6, 6.07) is 8.01. The lowest BCUT2D eigenvalue weighted by molar-refractivity contribution is -0.168. The zero-order valence-corrected chi connectivity index (χ0v) is 12.2. The summed E-state index contributed by atoms with van der Waals surface area (Å²) in [5.41, 5.74) is -0.566. The average Bonchev–Trinajstić information content (AvgIpc) is 2.36. The van der Waals surface area contributed by atoms with Crippen molar-refractivity contribution in [1.82, 2.24) is 0 Å². The van der Waals surface area contributed by atoms with Crippen molar-refractivity contribution >= 4 is 17.9 Å². The van der Waals surface area contributed by atoms with Gasteiger partial charge in [-0.15, -0.1) is 0 Å². The van der Waals surface area contributed by atoms with Crippen LogP contribution in [0.4, 0.5) is 0 Å². The van der Waals surface area contributed by atoms with E-state index in [0.29, 0.717) is 0 Å². The van der Waals surface area contributed by atoms with Gasteiger partial charge in [0.15, 0.2) is 0 Å². The van der Waals surface area contributed by atoms with E-state index < -0.39 is 36.0 Å². The highest BCUT2D eigenvalue weighted by atomic mass is 16.6. The number of aliphatic carboxylic acids is 1. The normalized spacial score (nSPS) is 12.3. The third-order valence-electron chi connectivity index (χ3n) is 2.29. The third kappa shape index (κ3) is 6.07. The van der Waals surface area contributed by atoms with Crippen LogP contribution in [0.5, 0.6) is 0 Å². The molecule has 0 fully saturated rings. The Kier molecular flexibility index (Phi) is 5.46. The maximum atomic E-state index is 11.9. The number of rotatable bonds is 5. The number of carbonyl (C=O) groups excluding carboxylic acids is 2. The lowest BCUT2D eigenvalue weighted by Gasteiger charge is -2.23. The van der Waals surface area contributed by atoms with Crippen LogP contribution in [0.1, 0.15) is 37.6 Å². The molecule has 0 aliphatic heterocycles. The zero-order chi connectivity index (χ0) is 16.0. The van der Waals surface area contributed by atoms with E-state index >= 15 is 0 Å². The Hall–Kier alpha value is -2.37. The quantitative estimate of drug-likeness (QED) is 0.836. The fourth-order valence-electron chi connectivity index (χ4n) is 1.47. The van der Waals surface area contributed by atoms with Gasteiger partial charge in [0.2, 0.25) is 6.10 Å². The van der Waals surface area contributed by atoms with Crippen LogP contribution in [0.15, 0.2) is 30.3 Å². The first-order chi connectivity index (χ1) is 9.69. The molecule has 1 unspecified atom stereocenters. The van der Waals surface area contributed by atoms with Gasteiger partial charge < -0.3 is 14.6 Å². The van der Waals surface area contributed by atoms with Crippen molar-refractivity contribution in [3.8, 4) is 0 Å². The lowest BCUT2D eigenvalue weighted by atomic mass is 10.2. The van der Waals surface area contributed by atoms with E-state index in [1.807, 2.05) is 0 Å². The Bertz CT molecular complexity index is 515. The molecule has 1 rings (SSSR count). The van der Waals surface area contributed by atoms with Crippen molar-refractivity contribution in [2.75, 3.05) is 0 Å². The monoisotopic (exact) mass is 294 g/mol.